The van der Waals surface area contributed by atoms with Crippen LogP contribution in [0, 0.1) is 6.92 Å². The summed E-state index contributed by atoms with van der Waals surface area (Å²) in [5, 5.41) is 7.31. The van der Waals surface area contributed by atoms with E-state index in [9.17, 15) is 4.79 Å². The Balaban J connectivity index is 1.75. The van der Waals surface area contributed by atoms with Crippen LogP contribution >= 0.6 is 11.8 Å². The van der Waals surface area contributed by atoms with E-state index in [2.05, 4.69) is 32.7 Å². The average molecular weight is 401 g/mol. The number of pyridine rings is 2. The van der Waals surface area contributed by atoms with Crippen LogP contribution < -0.4 is 10.6 Å². The molecule has 0 unspecified atom stereocenters. The molecule has 0 aliphatic carbocycles. The largest absolute Gasteiger partial charge is 0.354 e. The van der Waals surface area contributed by atoms with Crippen LogP contribution in [0.5, 0.6) is 0 Å². The standard InChI is InChI=1S/C23H20N4OS/c1-15-8-10-19-20(12-13-24-23(19)25-15)27-21-14-17(26-16(2)28)9-11-22(21)29-18-6-4-3-5-7-18/h3-14H,1-2H3,(H,26,28)(H,24,25,27). The van der Waals surface area contributed by atoms with Crippen molar-refractivity contribution < 1.29 is 4.79 Å². The molecule has 0 aliphatic heterocycles. The van der Waals surface area contributed by atoms with Crippen LogP contribution in [0.4, 0.5) is 17.1 Å². The van der Waals surface area contributed by atoms with Crippen molar-refractivity contribution in [1.82, 2.24) is 9.97 Å². The molecule has 0 aliphatic rings. The summed E-state index contributed by atoms with van der Waals surface area (Å²) >= 11 is 1.66. The summed E-state index contributed by atoms with van der Waals surface area (Å²) in [5.74, 6) is -0.103. The van der Waals surface area contributed by atoms with Crippen LogP contribution in [0.15, 0.2) is 82.7 Å². The van der Waals surface area contributed by atoms with E-state index in [1.807, 2.05) is 61.5 Å². The first-order valence-corrected chi connectivity index (χ1v) is 10.0. The highest BCUT2D eigenvalue weighted by Gasteiger charge is 2.10. The number of carbonyl (C=O) groups excluding carboxylic acids is 1. The van der Waals surface area contributed by atoms with Crippen molar-refractivity contribution in [3.05, 3.63) is 78.6 Å². The number of hydrogen-bond donors (Lipinski definition) is 2. The van der Waals surface area contributed by atoms with Crippen LogP contribution in [0.25, 0.3) is 11.0 Å². The highest BCUT2D eigenvalue weighted by molar-refractivity contribution is 7.99. The number of carbonyl (C=O) groups is 1. The highest BCUT2D eigenvalue weighted by atomic mass is 32.2. The summed E-state index contributed by atoms with van der Waals surface area (Å²) in [6, 6.07) is 22.0. The minimum absolute atomic E-state index is 0.103. The zero-order chi connectivity index (χ0) is 20.2. The van der Waals surface area contributed by atoms with Gasteiger partial charge in [-0.05, 0) is 55.5 Å². The van der Waals surface area contributed by atoms with Gasteiger partial charge in [0.25, 0.3) is 0 Å². The van der Waals surface area contributed by atoms with E-state index < -0.39 is 0 Å². The molecule has 1 amide bonds. The van der Waals surface area contributed by atoms with Gasteiger partial charge < -0.3 is 10.6 Å². The Labute approximate surface area is 173 Å². The minimum atomic E-state index is -0.103. The van der Waals surface area contributed by atoms with Crippen molar-refractivity contribution in [2.24, 2.45) is 0 Å². The Morgan fingerprint density at radius 2 is 1.79 bits per heavy atom. The lowest BCUT2D eigenvalue weighted by molar-refractivity contribution is -0.114. The van der Waals surface area contributed by atoms with Crippen LogP contribution in [0.1, 0.15) is 12.6 Å². The molecule has 2 heterocycles. The van der Waals surface area contributed by atoms with Crippen molar-refractivity contribution in [3.8, 4) is 0 Å². The van der Waals surface area contributed by atoms with Crippen LogP contribution in [-0.4, -0.2) is 15.9 Å². The second-order valence-corrected chi connectivity index (χ2v) is 7.73. The van der Waals surface area contributed by atoms with Gasteiger partial charge >= 0.3 is 0 Å². The van der Waals surface area contributed by atoms with Gasteiger partial charge in [0.05, 0.1) is 11.4 Å². The summed E-state index contributed by atoms with van der Waals surface area (Å²) in [6.45, 7) is 3.46. The SMILES string of the molecule is CC(=O)Nc1ccc(Sc2ccccc2)c(Nc2ccnc3nc(C)ccc23)c1. The predicted molar refractivity (Wildman–Crippen MR) is 119 cm³/mol. The second kappa shape index (κ2) is 8.32. The van der Waals surface area contributed by atoms with Crippen LogP contribution in [0.3, 0.4) is 0 Å². The summed E-state index contributed by atoms with van der Waals surface area (Å²) in [4.78, 5) is 22.6. The molecule has 29 heavy (non-hydrogen) atoms. The molecule has 6 heteroatoms. The first-order chi connectivity index (χ1) is 14.1. The number of benzene rings is 2. The molecule has 0 atom stereocenters. The monoisotopic (exact) mass is 400 g/mol. The topological polar surface area (TPSA) is 66.9 Å². The Kier molecular flexibility index (Phi) is 5.44. The van der Waals surface area contributed by atoms with E-state index in [0.717, 1.165) is 37.9 Å². The number of aromatic nitrogens is 2. The molecule has 2 aromatic heterocycles. The molecule has 0 saturated heterocycles. The van der Waals surface area contributed by atoms with Gasteiger partial charge in [-0.25, -0.2) is 9.97 Å². The molecule has 144 valence electrons. The third kappa shape index (κ3) is 4.55. The molecule has 0 radical (unpaired) electrons. The van der Waals surface area contributed by atoms with Gasteiger partial charge in [-0.1, -0.05) is 30.0 Å². The summed E-state index contributed by atoms with van der Waals surface area (Å²) < 4.78 is 0. The molecule has 4 aromatic rings. The summed E-state index contributed by atoms with van der Waals surface area (Å²) in [7, 11) is 0. The molecule has 0 saturated carbocycles. The zero-order valence-electron chi connectivity index (χ0n) is 16.1. The molecule has 2 aromatic carbocycles. The molecule has 4 rings (SSSR count). The number of amides is 1. The lowest BCUT2D eigenvalue weighted by atomic mass is 10.2. The molecular formula is C23H20N4OS. The smallest absolute Gasteiger partial charge is 0.221 e. The molecule has 5 nitrogen and oxygen atoms in total. The fraction of sp³-hybridized carbons (Fsp3) is 0.0870. The summed E-state index contributed by atoms with van der Waals surface area (Å²) in [6.07, 6.45) is 1.75. The molecule has 0 bridgehead atoms. The van der Waals surface area contributed by atoms with Gasteiger partial charge in [-0.3, -0.25) is 4.79 Å². The number of aryl methyl sites for hydroxylation is 1. The van der Waals surface area contributed by atoms with Crippen molar-refractivity contribution in [1.29, 1.82) is 0 Å². The van der Waals surface area contributed by atoms with E-state index >= 15 is 0 Å². The second-order valence-electron chi connectivity index (χ2n) is 6.61. The number of hydrogen-bond acceptors (Lipinski definition) is 5. The minimum Gasteiger partial charge on any atom is -0.354 e. The van der Waals surface area contributed by atoms with E-state index in [1.54, 1.807) is 18.0 Å². The predicted octanol–water partition coefficient (Wildman–Crippen LogP) is 5.79. The maximum atomic E-state index is 11.5. The summed E-state index contributed by atoms with van der Waals surface area (Å²) in [5.41, 5.74) is 4.18. The number of nitrogens with zero attached hydrogens (tertiary/aromatic N) is 2. The average Bonchev–Trinajstić information content (AvgIpc) is 2.70. The molecular weight excluding hydrogens is 380 g/mol. The fourth-order valence-electron chi connectivity index (χ4n) is 2.99. The van der Waals surface area contributed by atoms with E-state index in [4.69, 9.17) is 0 Å². The maximum absolute atomic E-state index is 11.5. The zero-order valence-corrected chi connectivity index (χ0v) is 17.0. The van der Waals surface area contributed by atoms with Crippen molar-refractivity contribution in [3.63, 3.8) is 0 Å². The Hall–Kier alpha value is -3.38. The number of anilines is 3. The Morgan fingerprint density at radius 3 is 2.59 bits per heavy atom. The lowest BCUT2D eigenvalue weighted by Crippen LogP contribution is -2.06. The quantitative estimate of drug-likeness (QED) is 0.444. The third-order valence-corrected chi connectivity index (χ3v) is 5.37. The number of fused-ring (bicyclic) bond motifs is 1. The van der Waals surface area contributed by atoms with Gasteiger partial charge in [0.15, 0.2) is 5.65 Å². The molecule has 0 fully saturated rings. The Bertz CT molecular complexity index is 1180. The van der Waals surface area contributed by atoms with Gasteiger partial charge in [-0.2, -0.15) is 0 Å². The van der Waals surface area contributed by atoms with Gasteiger partial charge in [0.1, 0.15) is 0 Å². The number of nitrogens with one attached hydrogen (secondary N) is 2. The van der Waals surface area contributed by atoms with Crippen molar-refractivity contribution >= 4 is 45.8 Å². The van der Waals surface area contributed by atoms with E-state index in [0.29, 0.717) is 5.65 Å². The number of rotatable bonds is 5. The maximum Gasteiger partial charge on any atom is 0.221 e. The normalized spacial score (nSPS) is 10.7. The lowest BCUT2D eigenvalue weighted by Gasteiger charge is -2.15. The Morgan fingerprint density at radius 1 is 0.966 bits per heavy atom. The van der Waals surface area contributed by atoms with Crippen LogP contribution in [-0.2, 0) is 4.79 Å². The van der Waals surface area contributed by atoms with Gasteiger partial charge in [-0.15, -0.1) is 0 Å². The van der Waals surface area contributed by atoms with Gasteiger partial charge in [0, 0.05) is 39.7 Å². The van der Waals surface area contributed by atoms with E-state index in [1.165, 1.54) is 6.92 Å². The van der Waals surface area contributed by atoms with E-state index in [-0.39, 0.29) is 5.91 Å². The fourth-order valence-corrected chi connectivity index (χ4v) is 3.89. The first kappa shape index (κ1) is 19.0. The highest BCUT2D eigenvalue weighted by Crippen LogP contribution is 2.37. The van der Waals surface area contributed by atoms with Crippen molar-refractivity contribution in [2.45, 2.75) is 23.6 Å². The van der Waals surface area contributed by atoms with Gasteiger partial charge in [0.2, 0.25) is 5.91 Å². The van der Waals surface area contributed by atoms with Crippen LogP contribution in [0.2, 0.25) is 0 Å². The molecule has 2 N–H and O–H groups in total. The van der Waals surface area contributed by atoms with Crippen molar-refractivity contribution in [2.75, 3.05) is 10.6 Å². The third-order valence-electron chi connectivity index (χ3n) is 4.28. The first-order valence-electron chi connectivity index (χ1n) is 9.22. The molecule has 0 spiro atoms.